The van der Waals surface area contributed by atoms with Crippen molar-refractivity contribution in [2.75, 3.05) is 13.1 Å². The molecule has 1 aromatic heterocycles. The van der Waals surface area contributed by atoms with E-state index in [0.29, 0.717) is 13.1 Å². The van der Waals surface area contributed by atoms with Crippen LogP contribution in [0.2, 0.25) is 0 Å². The minimum absolute atomic E-state index is 0.0166. The Kier molecular flexibility index (Phi) is 5.62. The van der Waals surface area contributed by atoms with Gasteiger partial charge in [0.2, 0.25) is 0 Å². The smallest absolute Gasteiger partial charge is 0.410 e. The van der Waals surface area contributed by atoms with Gasteiger partial charge < -0.3 is 9.64 Å². The lowest BCUT2D eigenvalue weighted by atomic mass is 9.73. The van der Waals surface area contributed by atoms with Crippen LogP contribution >= 0.6 is 0 Å². The Bertz CT molecular complexity index is 759. The van der Waals surface area contributed by atoms with Gasteiger partial charge in [-0.25, -0.2) is 13.7 Å². The van der Waals surface area contributed by atoms with Crippen LogP contribution in [0.5, 0.6) is 0 Å². The monoisotopic (exact) mass is 407 g/mol. The number of rotatable bonds is 2. The number of likely N-dealkylation sites (tertiary alicyclic amines) is 1. The number of pyridine rings is 1. The highest BCUT2D eigenvalue weighted by atomic mass is 32.2. The van der Waals surface area contributed by atoms with Crippen LogP contribution in [0, 0.1) is 5.41 Å². The fourth-order valence-electron chi connectivity index (χ4n) is 4.03. The molecule has 1 spiro atoms. The van der Waals surface area contributed by atoms with Crippen molar-refractivity contribution in [1.29, 1.82) is 0 Å². The molecule has 0 bridgehead atoms. The van der Waals surface area contributed by atoms with Crippen LogP contribution < -0.4 is 4.72 Å². The van der Waals surface area contributed by atoms with Gasteiger partial charge in [0.25, 0.3) is 0 Å². The van der Waals surface area contributed by atoms with E-state index in [-0.39, 0.29) is 22.3 Å². The fraction of sp³-hybridized carbons (Fsp3) is 0.714. The predicted octanol–water partition coefficient (Wildman–Crippen LogP) is 3.75. The summed E-state index contributed by atoms with van der Waals surface area (Å²) in [5, 5.41) is 0. The molecule has 0 aromatic carbocycles. The fourth-order valence-corrected chi connectivity index (χ4v) is 4.97. The topological polar surface area (TPSA) is 71.5 Å². The highest BCUT2D eigenvalue weighted by Crippen LogP contribution is 2.51. The largest absolute Gasteiger partial charge is 0.444 e. The van der Waals surface area contributed by atoms with E-state index >= 15 is 0 Å². The van der Waals surface area contributed by atoms with Crippen molar-refractivity contribution >= 4 is 17.1 Å². The number of nitrogens with zero attached hydrogens (tertiary/aromatic N) is 2. The molecule has 2 atom stereocenters. The molecular weight excluding hydrogens is 374 g/mol. The van der Waals surface area contributed by atoms with Crippen molar-refractivity contribution < 1.29 is 13.7 Å². The summed E-state index contributed by atoms with van der Waals surface area (Å²) in [6, 6.07) is 4.02. The molecule has 1 aliphatic heterocycles. The first kappa shape index (κ1) is 21.2. The van der Waals surface area contributed by atoms with Gasteiger partial charge in [0.05, 0.1) is 21.8 Å². The van der Waals surface area contributed by atoms with Gasteiger partial charge in [0.15, 0.2) is 0 Å². The molecule has 2 aliphatic rings. The highest BCUT2D eigenvalue weighted by molar-refractivity contribution is 7.84. The molecule has 6 nitrogen and oxygen atoms in total. The van der Waals surface area contributed by atoms with E-state index in [1.165, 1.54) is 0 Å². The van der Waals surface area contributed by atoms with Gasteiger partial charge >= 0.3 is 6.09 Å². The van der Waals surface area contributed by atoms with Gasteiger partial charge in [-0.15, -0.1) is 0 Å². The third-order valence-corrected chi connectivity index (χ3v) is 7.12. The SMILES string of the molecule is CC(C)(C)OC(=O)N1CCC2(CC1)Cc1ncccc1[C@H]2N[S@](=O)C(C)(C)C. The molecule has 1 saturated heterocycles. The summed E-state index contributed by atoms with van der Waals surface area (Å²) in [6.45, 7) is 12.9. The van der Waals surface area contributed by atoms with E-state index in [4.69, 9.17) is 4.74 Å². The van der Waals surface area contributed by atoms with E-state index in [1.54, 1.807) is 4.90 Å². The Balaban J connectivity index is 1.79. The lowest BCUT2D eigenvalue weighted by Gasteiger charge is -2.43. The molecular formula is C21H33N3O3S. The summed E-state index contributed by atoms with van der Waals surface area (Å²) >= 11 is 0. The molecule has 1 fully saturated rings. The third-order valence-electron chi connectivity index (χ3n) is 5.56. The van der Waals surface area contributed by atoms with Gasteiger partial charge in [0.1, 0.15) is 5.60 Å². The Morgan fingerprint density at radius 2 is 1.89 bits per heavy atom. The Morgan fingerprint density at radius 3 is 2.46 bits per heavy atom. The molecule has 1 aliphatic carbocycles. The Labute approximate surface area is 171 Å². The lowest BCUT2D eigenvalue weighted by molar-refractivity contribution is 0.00719. The zero-order valence-electron chi connectivity index (χ0n) is 17.9. The molecule has 1 aromatic rings. The number of nitrogens with one attached hydrogen (secondary N) is 1. The molecule has 2 heterocycles. The summed E-state index contributed by atoms with van der Waals surface area (Å²) in [6.07, 6.45) is 4.10. The maximum atomic E-state index is 12.9. The summed E-state index contributed by atoms with van der Waals surface area (Å²) in [5.41, 5.74) is 1.66. The van der Waals surface area contributed by atoms with Crippen LogP contribution in [0.15, 0.2) is 18.3 Å². The van der Waals surface area contributed by atoms with E-state index in [9.17, 15) is 9.00 Å². The van der Waals surface area contributed by atoms with Gasteiger partial charge in [0, 0.05) is 25.0 Å². The van der Waals surface area contributed by atoms with Gasteiger partial charge in [-0.05, 0) is 77.8 Å². The van der Waals surface area contributed by atoms with E-state index in [1.807, 2.05) is 53.8 Å². The van der Waals surface area contributed by atoms with Crippen LogP contribution in [-0.2, 0) is 22.1 Å². The van der Waals surface area contributed by atoms with Gasteiger partial charge in [-0.1, -0.05) is 6.07 Å². The second kappa shape index (κ2) is 7.41. The van der Waals surface area contributed by atoms with Crippen molar-refractivity contribution in [3.63, 3.8) is 0 Å². The van der Waals surface area contributed by atoms with Crippen LogP contribution in [-0.4, -0.2) is 43.6 Å². The van der Waals surface area contributed by atoms with Gasteiger partial charge in [-0.3, -0.25) is 4.98 Å². The number of carbonyl (C=O) groups excluding carboxylic acids is 1. The summed E-state index contributed by atoms with van der Waals surface area (Å²) in [4.78, 5) is 18.8. The minimum Gasteiger partial charge on any atom is -0.444 e. The summed E-state index contributed by atoms with van der Waals surface area (Å²) in [7, 11) is -1.18. The quantitative estimate of drug-likeness (QED) is 0.810. The number of aromatic nitrogens is 1. The predicted molar refractivity (Wildman–Crippen MR) is 111 cm³/mol. The number of hydrogen-bond acceptors (Lipinski definition) is 4. The molecule has 0 unspecified atom stereocenters. The van der Waals surface area contributed by atoms with Crippen molar-refractivity contribution in [3.8, 4) is 0 Å². The zero-order valence-corrected chi connectivity index (χ0v) is 18.7. The maximum Gasteiger partial charge on any atom is 0.410 e. The second-order valence-corrected chi connectivity index (χ2v) is 12.0. The van der Waals surface area contributed by atoms with Crippen LogP contribution in [0.1, 0.15) is 71.7 Å². The minimum atomic E-state index is -1.18. The van der Waals surface area contributed by atoms with Crippen molar-refractivity contribution in [1.82, 2.24) is 14.6 Å². The van der Waals surface area contributed by atoms with Crippen molar-refractivity contribution in [2.24, 2.45) is 5.41 Å². The molecule has 0 saturated carbocycles. The average molecular weight is 408 g/mol. The second-order valence-electron chi connectivity index (χ2n) is 9.98. The molecule has 0 radical (unpaired) electrons. The number of hydrogen-bond donors (Lipinski definition) is 1. The average Bonchev–Trinajstić information content (AvgIpc) is 2.86. The number of carbonyl (C=O) groups is 1. The summed E-state index contributed by atoms with van der Waals surface area (Å²) in [5.74, 6) is 0. The third kappa shape index (κ3) is 4.40. The molecule has 1 amide bonds. The van der Waals surface area contributed by atoms with E-state index < -0.39 is 16.6 Å². The number of amides is 1. The zero-order chi connectivity index (χ0) is 20.7. The maximum absolute atomic E-state index is 12.9. The van der Waals surface area contributed by atoms with Crippen LogP contribution in [0.4, 0.5) is 4.79 Å². The van der Waals surface area contributed by atoms with E-state index in [0.717, 1.165) is 30.5 Å². The molecule has 156 valence electrons. The number of ether oxygens (including phenoxy) is 1. The Morgan fingerprint density at radius 1 is 1.25 bits per heavy atom. The number of piperidine rings is 1. The highest BCUT2D eigenvalue weighted by Gasteiger charge is 2.50. The van der Waals surface area contributed by atoms with Crippen molar-refractivity contribution in [3.05, 3.63) is 29.6 Å². The van der Waals surface area contributed by atoms with E-state index in [2.05, 4.69) is 15.8 Å². The van der Waals surface area contributed by atoms with Crippen LogP contribution in [0.25, 0.3) is 0 Å². The molecule has 28 heavy (non-hydrogen) atoms. The Hall–Kier alpha value is -1.47. The number of fused-ring (bicyclic) bond motifs is 1. The van der Waals surface area contributed by atoms with Gasteiger partial charge in [-0.2, -0.15) is 0 Å². The molecule has 3 rings (SSSR count). The molecule has 1 N–H and O–H groups in total. The molecule has 7 heteroatoms. The standard InChI is InChI=1S/C21H33N3O3S/c1-19(2,3)27-18(25)24-12-9-21(10-13-24)14-16-15(8-7-11-22-16)17(21)23-28(26)20(4,5)6/h7-8,11,17,23H,9-10,12-14H2,1-6H3/t17-,28-/m1/s1. The first-order valence-corrected chi connectivity index (χ1v) is 11.2. The first-order chi connectivity index (χ1) is 12.9. The van der Waals surface area contributed by atoms with Crippen molar-refractivity contribution in [2.45, 2.75) is 77.2 Å². The summed E-state index contributed by atoms with van der Waals surface area (Å²) < 4.78 is 21.5. The first-order valence-electron chi connectivity index (χ1n) is 10.0. The van der Waals surface area contributed by atoms with Crippen LogP contribution in [0.3, 0.4) is 0 Å². The lowest BCUT2D eigenvalue weighted by Crippen LogP contribution is -2.49. The normalized spacial score (nSPS) is 22.8.